The Kier molecular flexibility index (Phi) is 6.42. The van der Waals surface area contributed by atoms with Crippen molar-refractivity contribution in [2.24, 2.45) is 5.41 Å². The van der Waals surface area contributed by atoms with Gasteiger partial charge in [-0.1, -0.05) is 42.5 Å². The molecule has 1 amide bonds. The van der Waals surface area contributed by atoms with E-state index in [1.165, 1.54) is 12.1 Å². The zero-order chi connectivity index (χ0) is 21.7. The van der Waals surface area contributed by atoms with Gasteiger partial charge in [-0.15, -0.1) is 0 Å². The average molecular weight is 418 g/mol. The van der Waals surface area contributed by atoms with Crippen LogP contribution in [0.2, 0.25) is 0 Å². The smallest absolute Gasteiger partial charge is 0.227 e. The number of pyridine rings is 1. The Morgan fingerprint density at radius 3 is 2.68 bits per heavy atom. The molecule has 4 nitrogen and oxygen atoms in total. The van der Waals surface area contributed by atoms with Crippen molar-refractivity contribution in [1.29, 1.82) is 0 Å². The van der Waals surface area contributed by atoms with Gasteiger partial charge >= 0.3 is 0 Å². The van der Waals surface area contributed by atoms with Gasteiger partial charge in [-0.3, -0.25) is 14.7 Å². The summed E-state index contributed by atoms with van der Waals surface area (Å²) in [6.45, 7) is 2.31. The number of hydrogen-bond donors (Lipinski definition) is 1. The van der Waals surface area contributed by atoms with Crippen LogP contribution in [0.25, 0.3) is 11.1 Å². The highest BCUT2D eigenvalue weighted by molar-refractivity contribution is 5.83. The van der Waals surface area contributed by atoms with Crippen molar-refractivity contribution < 1.29 is 9.18 Å². The number of piperidine rings is 1. The number of nitrogens with zero attached hydrogens (tertiary/aromatic N) is 2. The standard InChI is InChI=1S/C26H28FN3O/c1-28-25(31)26(13-5-15-30(19-26)18-20-9-11-23(27)12-10-20)16-21-6-2-3-8-24(21)22-7-4-14-29-17-22/h2-4,6-12,14,17H,5,13,15-16,18-19H2,1H3,(H,28,31). The minimum atomic E-state index is -0.509. The third-order valence-electron chi connectivity index (χ3n) is 6.20. The Bertz CT molecular complexity index is 1020. The zero-order valence-electron chi connectivity index (χ0n) is 17.9. The molecule has 5 heteroatoms. The molecule has 1 aromatic heterocycles. The van der Waals surface area contributed by atoms with Crippen molar-refractivity contribution in [3.05, 3.63) is 90.0 Å². The normalized spacial score (nSPS) is 19.2. The van der Waals surface area contributed by atoms with E-state index < -0.39 is 5.41 Å². The molecule has 0 aliphatic carbocycles. The van der Waals surface area contributed by atoms with Gasteiger partial charge in [-0.05, 0) is 60.7 Å². The number of amides is 1. The molecule has 31 heavy (non-hydrogen) atoms. The summed E-state index contributed by atoms with van der Waals surface area (Å²) in [6, 6.07) is 18.9. The van der Waals surface area contributed by atoms with E-state index in [1.807, 2.05) is 36.5 Å². The van der Waals surface area contributed by atoms with Crippen molar-refractivity contribution in [3.8, 4) is 11.1 Å². The van der Waals surface area contributed by atoms with Crippen molar-refractivity contribution in [2.45, 2.75) is 25.8 Å². The van der Waals surface area contributed by atoms with Crippen LogP contribution in [-0.4, -0.2) is 35.9 Å². The first kappa shape index (κ1) is 21.2. The summed E-state index contributed by atoms with van der Waals surface area (Å²) in [6.07, 6.45) is 6.09. The number of nitrogens with one attached hydrogen (secondary N) is 1. The lowest BCUT2D eigenvalue weighted by molar-refractivity contribution is -0.134. The lowest BCUT2D eigenvalue weighted by atomic mass is 9.73. The van der Waals surface area contributed by atoms with Crippen LogP contribution in [0.4, 0.5) is 4.39 Å². The van der Waals surface area contributed by atoms with E-state index >= 15 is 0 Å². The fourth-order valence-corrected chi connectivity index (χ4v) is 4.73. The number of halogens is 1. The lowest BCUT2D eigenvalue weighted by Crippen LogP contribution is -2.52. The number of carbonyl (C=O) groups excluding carboxylic acids is 1. The van der Waals surface area contributed by atoms with E-state index in [1.54, 1.807) is 13.2 Å². The van der Waals surface area contributed by atoms with Gasteiger partial charge in [0.25, 0.3) is 0 Å². The first-order valence-electron chi connectivity index (χ1n) is 10.8. The molecule has 0 spiro atoms. The molecule has 0 bridgehead atoms. The van der Waals surface area contributed by atoms with Crippen LogP contribution in [0.15, 0.2) is 73.1 Å². The summed E-state index contributed by atoms with van der Waals surface area (Å²) >= 11 is 0. The zero-order valence-corrected chi connectivity index (χ0v) is 17.9. The maximum absolute atomic E-state index is 13.3. The van der Waals surface area contributed by atoms with E-state index in [2.05, 4.69) is 33.4 Å². The van der Waals surface area contributed by atoms with Crippen molar-refractivity contribution in [2.75, 3.05) is 20.1 Å². The average Bonchev–Trinajstić information content (AvgIpc) is 2.81. The molecular weight excluding hydrogens is 389 g/mol. The Morgan fingerprint density at radius 2 is 1.94 bits per heavy atom. The predicted molar refractivity (Wildman–Crippen MR) is 121 cm³/mol. The van der Waals surface area contributed by atoms with Crippen LogP contribution < -0.4 is 5.32 Å². The van der Waals surface area contributed by atoms with E-state index in [4.69, 9.17) is 0 Å². The van der Waals surface area contributed by atoms with E-state index in [-0.39, 0.29) is 11.7 Å². The van der Waals surface area contributed by atoms with Crippen molar-refractivity contribution in [3.63, 3.8) is 0 Å². The van der Waals surface area contributed by atoms with Crippen LogP contribution in [0.3, 0.4) is 0 Å². The van der Waals surface area contributed by atoms with Crippen molar-refractivity contribution in [1.82, 2.24) is 15.2 Å². The summed E-state index contributed by atoms with van der Waals surface area (Å²) in [5, 5.41) is 2.92. The van der Waals surface area contributed by atoms with Gasteiger partial charge in [0.15, 0.2) is 0 Å². The third kappa shape index (κ3) is 4.83. The number of carbonyl (C=O) groups is 1. The highest BCUT2D eigenvalue weighted by Gasteiger charge is 2.42. The van der Waals surface area contributed by atoms with Crippen LogP contribution in [0.1, 0.15) is 24.0 Å². The number of rotatable bonds is 6. The summed E-state index contributed by atoms with van der Waals surface area (Å²) in [7, 11) is 1.72. The largest absolute Gasteiger partial charge is 0.359 e. The highest BCUT2D eigenvalue weighted by Crippen LogP contribution is 2.37. The van der Waals surface area contributed by atoms with Crippen LogP contribution in [-0.2, 0) is 17.8 Å². The second-order valence-electron chi connectivity index (χ2n) is 8.38. The van der Waals surface area contributed by atoms with Gasteiger partial charge in [0.1, 0.15) is 5.82 Å². The molecule has 2 aromatic carbocycles. The molecule has 1 aliphatic heterocycles. The fraction of sp³-hybridized carbons (Fsp3) is 0.308. The van der Waals surface area contributed by atoms with Crippen molar-refractivity contribution >= 4 is 5.91 Å². The molecule has 0 saturated carbocycles. The summed E-state index contributed by atoms with van der Waals surface area (Å²) < 4.78 is 13.3. The molecule has 1 fully saturated rings. The quantitative estimate of drug-likeness (QED) is 0.644. The fourth-order valence-electron chi connectivity index (χ4n) is 4.73. The molecular formula is C26H28FN3O. The topological polar surface area (TPSA) is 45.2 Å². The Hall–Kier alpha value is -3.05. The minimum Gasteiger partial charge on any atom is -0.359 e. The molecule has 1 aliphatic rings. The van der Waals surface area contributed by atoms with Gasteiger partial charge in [0, 0.05) is 38.1 Å². The van der Waals surface area contributed by atoms with Crippen LogP contribution in [0.5, 0.6) is 0 Å². The van der Waals surface area contributed by atoms with E-state index in [0.29, 0.717) is 19.5 Å². The highest BCUT2D eigenvalue weighted by atomic mass is 19.1. The molecule has 4 rings (SSSR count). The summed E-state index contributed by atoms with van der Waals surface area (Å²) in [5.41, 5.74) is 3.89. The molecule has 2 heterocycles. The number of hydrogen-bond acceptors (Lipinski definition) is 3. The maximum Gasteiger partial charge on any atom is 0.227 e. The second kappa shape index (κ2) is 9.40. The maximum atomic E-state index is 13.3. The van der Waals surface area contributed by atoms with E-state index in [9.17, 15) is 9.18 Å². The molecule has 1 N–H and O–H groups in total. The molecule has 1 saturated heterocycles. The van der Waals surface area contributed by atoms with E-state index in [0.717, 1.165) is 41.6 Å². The first-order valence-corrected chi connectivity index (χ1v) is 10.8. The molecule has 0 radical (unpaired) electrons. The molecule has 1 unspecified atom stereocenters. The monoisotopic (exact) mass is 417 g/mol. The minimum absolute atomic E-state index is 0.0808. The van der Waals surface area contributed by atoms with Gasteiger partial charge in [0.2, 0.25) is 5.91 Å². The first-order chi connectivity index (χ1) is 15.1. The lowest BCUT2D eigenvalue weighted by Gasteiger charge is -2.42. The van der Waals surface area contributed by atoms with Crippen LogP contribution in [0, 0.1) is 11.2 Å². The Labute approximate surface area is 183 Å². The summed E-state index contributed by atoms with van der Waals surface area (Å²) in [5.74, 6) is -0.147. The van der Waals surface area contributed by atoms with Gasteiger partial charge in [-0.2, -0.15) is 0 Å². The van der Waals surface area contributed by atoms with Crippen LogP contribution >= 0.6 is 0 Å². The van der Waals surface area contributed by atoms with Gasteiger partial charge < -0.3 is 5.32 Å². The Morgan fingerprint density at radius 1 is 1.13 bits per heavy atom. The van der Waals surface area contributed by atoms with Gasteiger partial charge in [0.05, 0.1) is 5.41 Å². The SMILES string of the molecule is CNC(=O)C1(Cc2ccccc2-c2cccnc2)CCCN(Cc2ccc(F)cc2)C1. The molecule has 160 valence electrons. The summed E-state index contributed by atoms with van der Waals surface area (Å²) in [4.78, 5) is 19.8. The second-order valence-corrected chi connectivity index (χ2v) is 8.38. The molecule has 3 aromatic rings. The number of likely N-dealkylation sites (tertiary alicyclic amines) is 1. The predicted octanol–water partition coefficient (Wildman–Crippen LogP) is 4.46. The molecule has 1 atom stereocenters. The Balaban J connectivity index is 1.62. The van der Waals surface area contributed by atoms with Gasteiger partial charge in [-0.25, -0.2) is 4.39 Å². The third-order valence-corrected chi connectivity index (χ3v) is 6.20. The number of aromatic nitrogens is 1. The number of benzene rings is 2.